The molecule has 20 heavy (non-hydrogen) atoms. The Morgan fingerprint density at radius 3 is 2.45 bits per heavy atom. The number of anilines is 1. The van der Waals surface area contributed by atoms with Gasteiger partial charge in [-0.1, -0.05) is 24.6 Å². The smallest absolute Gasteiger partial charge is 0.237 e. The largest absolute Gasteiger partial charge is 0.325 e. The van der Waals surface area contributed by atoms with Crippen molar-refractivity contribution in [3.05, 3.63) is 54.4 Å². The zero-order valence-corrected chi connectivity index (χ0v) is 12.5. The zero-order valence-electron chi connectivity index (χ0n) is 11.7. The van der Waals surface area contributed by atoms with Crippen LogP contribution in [0, 0.1) is 6.92 Å². The molecular weight excluding hydrogens is 268 g/mol. The van der Waals surface area contributed by atoms with Gasteiger partial charge in [-0.2, -0.15) is 0 Å². The molecule has 1 heterocycles. The normalized spacial score (nSPS) is 11.9. The van der Waals surface area contributed by atoms with Crippen molar-refractivity contribution in [2.24, 2.45) is 0 Å². The Morgan fingerprint density at radius 2 is 1.85 bits per heavy atom. The highest BCUT2D eigenvalue weighted by Gasteiger charge is 2.17. The Kier molecular flexibility index (Phi) is 5.18. The predicted octanol–water partition coefficient (Wildman–Crippen LogP) is 3.90. The first-order valence-corrected chi connectivity index (χ1v) is 7.51. The molecule has 0 aliphatic carbocycles. The lowest BCUT2D eigenvalue weighted by Crippen LogP contribution is -2.24. The SMILES string of the molecule is CCC(Sc1ccc(C)cc1)C(=O)Nc1ccncc1. The third-order valence-electron chi connectivity index (χ3n) is 2.91. The van der Waals surface area contributed by atoms with E-state index in [1.807, 2.05) is 6.92 Å². The summed E-state index contributed by atoms with van der Waals surface area (Å²) in [5.74, 6) is 0.0317. The molecule has 0 aliphatic rings. The summed E-state index contributed by atoms with van der Waals surface area (Å²) >= 11 is 1.60. The lowest BCUT2D eigenvalue weighted by atomic mass is 10.2. The zero-order chi connectivity index (χ0) is 14.4. The lowest BCUT2D eigenvalue weighted by Gasteiger charge is -2.14. The van der Waals surface area contributed by atoms with E-state index in [0.717, 1.165) is 17.0 Å². The maximum absolute atomic E-state index is 12.3. The quantitative estimate of drug-likeness (QED) is 0.848. The van der Waals surface area contributed by atoms with Crippen LogP contribution in [0.3, 0.4) is 0 Å². The molecule has 0 spiro atoms. The molecule has 0 radical (unpaired) electrons. The number of rotatable bonds is 5. The van der Waals surface area contributed by atoms with Crippen LogP contribution in [0.2, 0.25) is 0 Å². The number of thioether (sulfide) groups is 1. The maximum atomic E-state index is 12.3. The molecule has 1 aromatic heterocycles. The van der Waals surface area contributed by atoms with Crippen LogP contribution >= 0.6 is 11.8 Å². The van der Waals surface area contributed by atoms with Crippen molar-refractivity contribution in [2.75, 3.05) is 5.32 Å². The third kappa shape index (κ3) is 4.10. The van der Waals surface area contributed by atoms with Crippen LogP contribution in [0.25, 0.3) is 0 Å². The molecule has 0 saturated heterocycles. The van der Waals surface area contributed by atoms with Crippen molar-refractivity contribution >= 4 is 23.4 Å². The Labute approximate surface area is 123 Å². The molecule has 4 heteroatoms. The van der Waals surface area contributed by atoms with Gasteiger partial charge in [0.2, 0.25) is 5.91 Å². The maximum Gasteiger partial charge on any atom is 0.237 e. The first kappa shape index (κ1) is 14.6. The van der Waals surface area contributed by atoms with Gasteiger partial charge in [-0.05, 0) is 37.6 Å². The first-order valence-electron chi connectivity index (χ1n) is 6.63. The number of amides is 1. The molecule has 0 saturated carbocycles. The Balaban J connectivity index is 2.00. The standard InChI is InChI=1S/C16H18N2OS/c1-3-15(20-14-6-4-12(2)5-7-14)16(19)18-13-8-10-17-11-9-13/h4-11,15H,3H2,1-2H3,(H,17,18,19). The topological polar surface area (TPSA) is 42.0 Å². The number of carbonyl (C=O) groups excluding carboxylic acids is 1. The van der Waals surface area contributed by atoms with Crippen LogP contribution < -0.4 is 5.32 Å². The van der Waals surface area contributed by atoms with Gasteiger partial charge >= 0.3 is 0 Å². The summed E-state index contributed by atoms with van der Waals surface area (Å²) < 4.78 is 0. The van der Waals surface area contributed by atoms with Crippen molar-refractivity contribution in [3.8, 4) is 0 Å². The van der Waals surface area contributed by atoms with E-state index < -0.39 is 0 Å². The highest BCUT2D eigenvalue weighted by Crippen LogP contribution is 2.26. The van der Waals surface area contributed by atoms with E-state index in [1.54, 1.807) is 36.3 Å². The fourth-order valence-corrected chi connectivity index (χ4v) is 2.72. The van der Waals surface area contributed by atoms with Crippen LogP contribution in [0.1, 0.15) is 18.9 Å². The van der Waals surface area contributed by atoms with E-state index in [9.17, 15) is 4.79 Å². The molecule has 104 valence electrons. The van der Waals surface area contributed by atoms with Gasteiger partial charge in [0, 0.05) is 23.0 Å². The second kappa shape index (κ2) is 7.10. The summed E-state index contributed by atoms with van der Waals surface area (Å²) in [7, 11) is 0. The molecule has 0 bridgehead atoms. The number of aromatic nitrogens is 1. The van der Waals surface area contributed by atoms with Gasteiger partial charge in [0.05, 0.1) is 5.25 Å². The molecule has 2 aromatic rings. The van der Waals surface area contributed by atoms with E-state index in [0.29, 0.717) is 0 Å². The highest BCUT2D eigenvalue weighted by atomic mass is 32.2. The molecule has 1 amide bonds. The van der Waals surface area contributed by atoms with Gasteiger partial charge in [-0.25, -0.2) is 0 Å². The van der Waals surface area contributed by atoms with Crippen molar-refractivity contribution in [3.63, 3.8) is 0 Å². The van der Waals surface area contributed by atoms with Gasteiger partial charge in [0.15, 0.2) is 0 Å². The fraction of sp³-hybridized carbons (Fsp3) is 0.250. The Morgan fingerprint density at radius 1 is 1.20 bits per heavy atom. The van der Waals surface area contributed by atoms with Crippen LogP contribution in [0.4, 0.5) is 5.69 Å². The average molecular weight is 286 g/mol. The predicted molar refractivity (Wildman–Crippen MR) is 84.0 cm³/mol. The number of aryl methyl sites for hydroxylation is 1. The minimum Gasteiger partial charge on any atom is -0.325 e. The number of nitrogens with zero attached hydrogens (tertiary/aromatic N) is 1. The van der Waals surface area contributed by atoms with Crippen LogP contribution in [-0.2, 0) is 4.79 Å². The summed E-state index contributed by atoms with van der Waals surface area (Å²) in [5, 5.41) is 2.83. The summed E-state index contributed by atoms with van der Waals surface area (Å²) in [6.07, 6.45) is 4.13. The molecule has 3 nitrogen and oxygen atoms in total. The molecule has 0 fully saturated rings. The molecule has 1 unspecified atom stereocenters. The fourth-order valence-electron chi connectivity index (χ4n) is 1.76. The Bertz CT molecular complexity index is 554. The molecule has 2 rings (SSSR count). The number of pyridine rings is 1. The van der Waals surface area contributed by atoms with Gasteiger partial charge in [-0.15, -0.1) is 11.8 Å². The van der Waals surface area contributed by atoms with E-state index >= 15 is 0 Å². The monoisotopic (exact) mass is 286 g/mol. The molecule has 1 aromatic carbocycles. The van der Waals surface area contributed by atoms with Gasteiger partial charge in [-0.3, -0.25) is 9.78 Å². The lowest BCUT2D eigenvalue weighted by molar-refractivity contribution is -0.115. The number of carbonyl (C=O) groups is 1. The van der Waals surface area contributed by atoms with E-state index in [-0.39, 0.29) is 11.2 Å². The number of hydrogen-bond donors (Lipinski definition) is 1. The van der Waals surface area contributed by atoms with Gasteiger partial charge in [0.1, 0.15) is 0 Å². The van der Waals surface area contributed by atoms with Crippen LogP contribution in [-0.4, -0.2) is 16.1 Å². The van der Waals surface area contributed by atoms with Crippen molar-refractivity contribution in [1.29, 1.82) is 0 Å². The number of benzene rings is 1. The second-order valence-electron chi connectivity index (χ2n) is 4.55. The van der Waals surface area contributed by atoms with Gasteiger partial charge in [0.25, 0.3) is 0 Å². The number of nitrogens with one attached hydrogen (secondary N) is 1. The minimum absolute atomic E-state index is 0.0317. The van der Waals surface area contributed by atoms with Crippen LogP contribution in [0.15, 0.2) is 53.7 Å². The number of hydrogen-bond acceptors (Lipinski definition) is 3. The van der Waals surface area contributed by atoms with Crippen molar-refractivity contribution in [2.45, 2.75) is 30.4 Å². The summed E-state index contributed by atoms with van der Waals surface area (Å²) in [4.78, 5) is 17.3. The van der Waals surface area contributed by atoms with Crippen LogP contribution in [0.5, 0.6) is 0 Å². The third-order valence-corrected chi connectivity index (χ3v) is 4.29. The molecule has 1 N–H and O–H groups in total. The molecule has 0 aliphatic heterocycles. The molecule has 1 atom stereocenters. The second-order valence-corrected chi connectivity index (χ2v) is 5.83. The summed E-state index contributed by atoms with van der Waals surface area (Å²) in [6, 6.07) is 11.8. The van der Waals surface area contributed by atoms with E-state index in [2.05, 4.69) is 41.5 Å². The first-order chi connectivity index (χ1) is 9.69. The minimum atomic E-state index is -0.0918. The Hall–Kier alpha value is -1.81. The highest BCUT2D eigenvalue weighted by molar-refractivity contribution is 8.00. The van der Waals surface area contributed by atoms with Gasteiger partial charge < -0.3 is 5.32 Å². The van der Waals surface area contributed by atoms with E-state index in [4.69, 9.17) is 0 Å². The molecular formula is C16H18N2OS. The van der Waals surface area contributed by atoms with Crippen molar-refractivity contribution < 1.29 is 4.79 Å². The summed E-state index contributed by atoms with van der Waals surface area (Å²) in [5.41, 5.74) is 2.01. The van der Waals surface area contributed by atoms with E-state index in [1.165, 1.54) is 5.56 Å². The van der Waals surface area contributed by atoms with Crippen molar-refractivity contribution in [1.82, 2.24) is 4.98 Å². The summed E-state index contributed by atoms with van der Waals surface area (Å²) in [6.45, 7) is 4.08. The average Bonchev–Trinajstić information content (AvgIpc) is 2.47.